The lowest BCUT2D eigenvalue weighted by molar-refractivity contribution is -0.141. The van der Waals surface area contributed by atoms with E-state index in [1.54, 1.807) is 0 Å². The van der Waals surface area contributed by atoms with Crippen molar-refractivity contribution in [1.29, 1.82) is 0 Å². The molecule has 1 aliphatic rings. The number of carbonyl (C=O) groups is 2. The van der Waals surface area contributed by atoms with Crippen LogP contribution in [0.5, 0.6) is 5.75 Å². The first-order valence-electron chi connectivity index (χ1n) is 5.24. The molecule has 1 fully saturated rings. The minimum Gasteiger partial charge on any atom is -0.506 e. The molecule has 0 radical (unpaired) electrons. The number of rotatable bonds is 2. The van der Waals surface area contributed by atoms with Gasteiger partial charge in [-0.25, -0.2) is 0 Å². The average Bonchev–Trinajstić information content (AvgIpc) is 2.77. The number of pyridine rings is 1. The van der Waals surface area contributed by atoms with Crippen molar-refractivity contribution >= 4 is 11.9 Å². The maximum absolute atomic E-state index is 11.9. The minimum absolute atomic E-state index is 0.0789. The van der Waals surface area contributed by atoms with Crippen molar-refractivity contribution in [3.63, 3.8) is 0 Å². The summed E-state index contributed by atoms with van der Waals surface area (Å²) < 4.78 is 0. The van der Waals surface area contributed by atoms with E-state index in [1.807, 2.05) is 0 Å². The Balaban J connectivity index is 2.09. The van der Waals surface area contributed by atoms with Gasteiger partial charge in [-0.3, -0.25) is 14.6 Å². The zero-order valence-electron chi connectivity index (χ0n) is 9.04. The number of carbonyl (C=O) groups excluding carboxylic acids is 1. The molecule has 1 amide bonds. The van der Waals surface area contributed by atoms with Gasteiger partial charge in [0.2, 0.25) is 0 Å². The molecule has 0 bridgehead atoms. The highest BCUT2D eigenvalue weighted by Crippen LogP contribution is 2.19. The van der Waals surface area contributed by atoms with Crippen LogP contribution in [0.2, 0.25) is 0 Å². The fraction of sp³-hybridized carbons (Fsp3) is 0.364. The van der Waals surface area contributed by atoms with Crippen LogP contribution in [0.3, 0.4) is 0 Å². The second kappa shape index (κ2) is 4.40. The third-order valence-corrected chi connectivity index (χ3v) is 2.80. The predicted octanol–water partition coefficient (Wildman–Crippen LogP) is 0.334. The second-order valence-corrected chi connectivity index (χ2v) is 4.01. The quantitative estimate of drug-likeness (QED) is 0.772. The molecule has 17 heavy (non-hydrogen) atoms. The number of nitrogens with zero attached hydrogens (tertiary/aromatic N) is 2. The maximum atomic E-state index is 11.9. The molecular weight excluding hydrogens is 224 g/mol. The Morgan fingerprint density at radius 3 is 2.76 bits per heavy atom. The Kier molecular flexibility index (Phi) is 2.95. The highest BCUT2D eigenvalue weighted by atomic mass is 16.4. The SMILES string of the molecule is O=C(O)C1CCN(C(=O)c2cncc(O)c2)C1. The molecule has 1 aliphatic heterocycles. The molecule has 1 saturated heterocycles. The highest BCUT2D eigenvalue weighted by molar-refractivity contribution is 5.94. The van der Waals surface area contributed by atoms with Gasteiger partial charge < -0.3 is 15.1 Å². The van der Waals surface area contributed by atoms with Gasteiger partial charge in [-0.05, 0) is 12.5 Å². The second-order valence-electron chi connectivity index (χ2n) is 4.01. The zero-order valence-corrected chi connectivity index (χ0v) is 9.04. The number of carboxylic acid groups (broad SMARTS) is 1. The smallest absolute Gasteiger partial charge is 0.308 e. The van der Waals surface area contributed by atoms with Gasteiger partial charge in [-0.15, -0.1) is 0 Å². The molecule has 1 aromatic rings. The Bertz CT molecular complexity index is 461. The summed E-state index contributed by atoms with van der Waals surface area (Å²) in [5, 5.41) is 18.1. The molecule has 0 aromatic carbocycles. The summed E-state index contributed by atoms with van der Waals surface area (Å²) in [6.45, 7) is 0.634. The van der Waals surface area contributed by atoms with Crippen LogP contribution in [0.1, 0.15) is 16.8 Å². The summed E-state index contributed by atoms with van der Waals surface area (Å²) in [6.07, 6.45) is 3.06. The molecule has 0 saturated carbocycles. The molecule has 2 heterocycles. The fourth-order valence-corrected chi connectivity index (χ4v) is 1.87. The number of carboxylic acids is 1. The third-order valence-electron chi connectivity index (χ3n) is 2.80. The highest BCUT2D eigenvalue weighted by Gasteiger charge is 2.31. The van der Waals surface area contributed by atoms with E-state index >= 15 is 0 Å². The topological polar surface area (TPSA) is 90.7 Å². The Labute approximate surface area is 97.5 Å². The molecule has 6 nitrogen and oxygen atoms in total. The van der Waals surface area contributed by atoms with Gasteiger partial charge >= 0.3 is 5.97 Å². The van der Waals surface area contributed by atoms with E-state index in [4.69, 9.17) is 5.11 Å². The first-order chi connectivity index (χ1) is 8.08. The van der Waals surface area contributed by atoms with Crippen LogP contribution in [-0.2, 0) is 4.79 Å². The molecule has 0 aliphatic carbocycles. The fourth-order valence-electron chi connectivity index (χ4n) is 1.87. The number of hydrogen-bond donors (Lipinski definition) is 2. The van der Waals surface area contributed by atoms with Crippen molar-refractivity contribution in [3.8, 4) is 5.75 Å². The van der Waals surface area contributed by atoms with E-state index in [0.29, 0.717) is 13.0 Å². The number of amides is 1. The van der Waals surface area contributed by atoms with Gasteiger partial charge in [-0.1, -0.05) is 0 Å². The average molecular weight is 236 g/mol. The number of likely N-dealkylation sites (tertiary alicyclic amines) is 1. The summed E-state index contributed by atoms with van der Waals surface area (Å²) in [4.78, 5) is 27.9. The van der Waals surface area contributed by atoms with Crippen LogP contribution in [0.4, 0.5) is 0 Å². The van der Waals surface area contributed by atoms with Gasteiger partial charge in [-0.2, -0.15) is 0 Å². The molecule has 6 heteroatoms. The Morgan fingerprint density at radius 1 is 1.41 bits per heavy atom. The van der Waals surface area contributed by atoms with Crippen LogP contribution in [-0.4, -0.2) is 45.1 Å². The molecule has 90 valence electrons. The lowest BCUT2D eigenvalue weighted by atomic mass is 10.1. The van der Waals surface area contributed by atoms with Crippen molar-refractivity contribution in [2.45, 2.75) is 6.42 Å². The van der Waals surface area contributed by atoms with E-state index in [-0.39, 0.29) is 23.8 Å². The van der Waals surface area contributed by atoms with Crippen LogP contribution in [0.25, 0.3) is 0 Å². The summed E-state index contributed by atoms with van der Waals surface area (Å²) in [7, 11) is 0. The minimum atomic E-state index is -0.880. The number of aliphatic carboxylic acids is 1. The summed E-state index contributed by atoms with van der Waals surface area (Å²) in [6, 6.07) is 1.32. The molecule has 1 unspecified atom stereocenters. The Hall–Kier alpha value is -2.11. The lowest BCUT2D eigenvalue weighted by Gasteiger charge is -2.15. The predicted molar refractivity (Wildman–Crippen MR) is 57.5 cm³/mol. The number of hydrogen-bond acceptors (Lipinski definition) is 4. The van der Waals surface area contributed by atoms with Crippen LogP contribution in [0.15, 0.2) is 18.5 Å². The molecular formula is C11H12N2O4. The van der Waals surface area contributed by atoms with Gasteiger partial charge in [0.25, 0.3) is 5.91 Å². The first-order valence-corrected chi connectivity index (χ1v) is 5.24. The Morgan fingerprint density at radius 2 is 2.18 bits per heavy atom. The first kappa shape index (κ1) is 11.4. The van der Waals surface area contributed by atoms with Gasteiger partial charge in [0, 0.05) is 19.3 Å². The van der Waals surface area contributed by atoms with Gasteiger partial charge in [0.05, 0.1) is 17.7 Å². The number of aromatic hydroxyl groups is 1. The van der Waals surface area contributed by atoms with Crippen LogP contribution >= 0.6 is 0 Å². The lowest BCUT2D eigenvalue weighted by Crippen LogP contribution is -2.29. The van der Waals surface area contributed by atoms with E-state index < -0.39 is 11.9 Å². The van der Waals surface area contributed by atoms with Gasteiger partial charge in [0.15, 0.2) is 0 Å². The van der Waals surface area contributed by atoms with E-state index in [0.717, 1.165) is 0 Å². The van der Waals surface area contributed by atoms with E-state index in [2.05, 4.69) is 4.98 Å². The monoisotopic (exact) mass is 236 g/mol. The van der Waals surface area contributed by atoms with Crippen molar-refractivity contribution in [2.75, 3.05) is 13.1 Å². The van der Waals surface area contributed by atoms with Gasteiger partial charge in [0.1, 0.15) is 5.75 Å². The summed E-state index contributed by atoms with van der Waals surface area (Å²) in [5.74, 6) is -1.75. The van der Waals surface area contributed by atoms with Crippen molar-refractivity contribution in [2.24, 2.45) is 5.92 Å². The standard InChI is InChI=1S/C11H12N2O4/c14-9-3-8(4-12-5-9)10(15)13-2-1-7(6-13)11(16)17/h3-5,7,14H,1-2,6H2,(H,16,17). The van der Waals surface area contributed by atoms with Crippen molar-refractivity contribution in [3.05, 3.63) is 24.0 Å². The van der Waals surface area contributed by atoms with Crippen molar-refractivity contribution < 1.29 is 19.8 Å². The normalized spacial score (nSPS) is 19.3. The van der Waals surface area contributed by atoms with Crippen LogP contribution in [0, 0.1) is 5.92 Å². The molecule has 1 atom stereocenters. The molecule has 0 spiro atoms. The molecule has 1 aromatic heterocycles. The van der Waals surface area contributed by atoms with Crippen molar-refractivity contribution in [1.82, 2.24) is 9.88 Å². The number of aromatic nitrogens is 1. The molecule has 2 rings (SSSR count). The van der Waals surface area contributed by atoms with E-state index in [1.165, 1.54) is 23.4 Å². The maximum Gasteiger partial charge on any atom is 0.308 e. The summed E-state index contributed by atoms with van der Waals surface area (Å²) in [5.41, 5.74) is 0.274. The summed E-state index contributed by atoms with van der Waals surface area (Å²) >= 11 is 0. The van der Waals surface area contributed by atoms with Crippen LogP contribution < -0.4 is 0 Å². The third kappa shape index (κ3) is 2.35. The molecule has 2 N–H and O–H groups in total. The largest absolute Gasteiger partial charge is 0.506 e. The zero-order chi connectivity index (χ0) is 12.4. The van der Waals surface area contributed by atoms with E-state index in [9.17, 15) is 14.7 Å².